The molecular weight excluding hydrogens is 284 g/mol. The molecule has 1 fully saturated rings. The molecule has 0 radical (unpaired) electrons. The summed E-state index contributed by atoms with van der Waals surface area (Å²) in [7, 11) is 0. The van der Waals surface area contributed by atoms with Crippen molar-refractivity contribution in [2.24, 2.45) is 0 Å². The summed E-state index contributed by atoms with van der Waals surface area (Å²) < 4.78 is 0. The molecule has 0 atom stereocenters. The molecule has 1 N–H and O–H groups in total. The smallest absolute Gasteiger partial charge is 0.220 e. The van der Waals surface area contributed by atoms with Gasteiger partial charge in [0.05, 0.1) is 0 Å². The fraction of sp³-hybridized carbons (Fsp3) is 0.650. The van der Waals surface area contributed by atoms with Gasteiger partial charge in [-0.3, -0.25) is 4.79 Å². The summed E-state index contributed by atoms with van der Waals surface area (Å²) in [5, 5.41) is 3.06. The van der Waals surface area contributed by atoms with Gasteiger partial charge in [-0.15, -0.1) is 0 Å². The summed E-state index contributed by atoms with van der Waals surface area (Å²) in [6.45, 7) is 8.80. The van der Waals surface area contributed by atoms with E-state index in [1.165, 1.54) is 43.5 Å². The molecule has 1 saturated heterocycles. The quantitative estimate of drug-likeness (QED) is 0.741. The lowest BCUT2D eigenvalue weighted by molar-refractivity contribution is -0.121. The van der Waals surface area contributed by atoms with E-state index in [0.717, 1.165) is 25.9 Å². The summed E-state index contributed by atoms with van der Waals surface area (Å²) in [5.74, 6) is 0.740. The summed E-state index contributed by atoms with van der Waals surface area (Å²) in [4.78, 5) is 14.4. The zero-order chi connectivity index (χ0) is 16.5. The Morgan fingerprint density at radius 1 is 1.13 bits per heavy atom. The van der Waals surface area contributed by atoms with Gasteiger partial charge in [0, 0.05) is 13.0 Å². The normalized spacial score (nSPS) is 15.8. The highest BCUT2D eigenvalue weighted by Gasteiger charge is 2.09. The van der Waals surface area contributed by atoms with Crippen molar-refractivity contribution in [1.82, 2.24) is 10.2 Å². The number of likely N-dealkylation sites (tertiary alicyclic amines) is 1. The van der Waals surface area contributed by atoms with Gasteiger partial charge in [-0.05, 0) is 62.4 Å². The maximum atomic E-state index is 11.9. The number of nitrogens with one attached hydrogen (secondary N) is 1. The standard InChI is InChI=1S/C20H32N2O/c1-17(2)19-10-7-18(8-11-19)9-12-20(23)21-13-6-16-22-14-4-3-5-15-22/h7-8,10-11,17H,3-6,9,12-16H2,1-2H3,(H,21,23). The molecule has 23 heavy (non-hydrogen) atoms. The summed E-state index contributed by atoms with van der Waals surface area (Å²) in [5.41, 5.74) is 2.61. The lowest BCUT2D eigenvalue weighted by Crippen LogP contribution is -2.33. The van der Waals surface area contributed by atoms with E-state index in [2.05, 4.69) is 48.3 Å². The molecular formula is C20H32N2O. The van der Waals surface area contributed by atoms with Crippen molar-refractivity contribution >= 4 is 5.91 Å². The summed E-state index contributed by atoms with van der Waals surface area (Å²) in [6, 6.07) is 8.66. The third kappa shape index (κ3) is 6.74. The number of aryl methyl sites for hydroxylation is 1. The predicted molar refractivity (Wildman–Crippen MR) is 96.8 cm³/mol. The van der Waals surface area contributed by atoms with Crippen molar-refractivity contribution in [3.63, 3.8) is 0 Å². The van der Waals surface area contributed by atoms with Crippen LogP contribution >= 0.6 is 0 Å². The Kier molecular flexibility index (Phi) is 7.60. The van der Waals surface area contributed by atoms with Crippen LogP contribution in [-0.4, -0.2) is 37.0 Å². The van der Waals surface area contributed by atoms with Crippen LogP contribution in [0.3, 0.4) is 0 Å². The number of benzene rings is 1. The number of hydrogen-bond donors (Lipinski definition) is 1. The number of amides is 1. The molecule has 1 aromatic rings. The molecule has 0 aromatic heterocycles. The van der Waals surface area contributed by atoms with E-state index in [4.69, 9.17) is 0 Å². The van der Waals surface area contributed by atoms with Crippen molar-refractivity contribution in [2.75, 3.05) is 26.2 Å². The van der Waals surface area contributed by atoms with Crippen LogP contribution in [-0.2, 0) is 11.2 Å². The van der Waals surface area contributed by atoms with Crippen molar-refractivity contribution in [3.05, 3.63) is 35.4 Å². The van der Waals surface area contributed by atoms with E-state index in [0.29, 0.717) is 12.3 Å². The second kappa shape index (κ2) is 9.71. The van der Waals surface area contributed by atoms with Crippen molar-refractivity contribution < 1.29 is 4.79 Å². The monoisotopic (exact) mass is 316 g/mol. The fourth-order valence-electron chi connectivity index (χ4n) is 3.13. The van der Waals surface area contributed by atoms with Crippen LogP contribution in [0.25, 0.3) is 0 Å². The highest BCUT2D eigenvalue weighted by Crippen LogP contribution is 2.15. The summed E-state index contributed by atoms with van der Waals surface area (Å²) in [6.07, 6.45) is 6.53. The molecule has 3 heteroatoms. The number of hydrogen-bond acceptors (Lipinski definition) is 2. The molecule has 1 aliphatic rings. The van der Waals surface area contributed by atoms with Gasteiger partial charge < -0.3 is 10.2 Å². The average molecular weight is 316 g/mol. The number of piperidine rings is 1. The van der Waals surface area contributed by atoms with Crippen molar-refractivity contribution in [2.45, 2.75) is 58.3 Å². The Morgan fingerprint density at radius 2 is 1.83 bits per heavy atom. The molecule has 2 rings (SSSR count). The fourth-order valence-corrected chi connectivity index (χ4v) is 3.13. The van der Waals surface area contributed by atoms with Gasteiger partial charge >= 0.3 is 0 Å². The van der Waals surface area contributed by atoms with Crippen LogP contribution in [0.2, 0.25) is 0 Å². The minimum atomic E-state index is 0.177. The number of nitrogens with zero attached hydrogens (tertiary/aromatic N) is 1. The highest BCUT2D eigenvalue weighted by atomic mass is 16.1. The molecule has 0 bridgehead atoms. The van der Waals surface area contributed by atoms with Gasteiger partial charge in [0.15, 0.2) is 0 Å². The Morgan fingerprint density at radius 3 is 2.48 bits per heavy atom. The van der Waals surface area contributed by atoms with E-state index < -0.39 is 0 Å². The first-order valence-corrected chi connectivity index (χ1v) is 9.23. The first kappa shape index (κ1) is 18.0. The van der Waals surface area contributed by atoms with Crippen LogP contribution in [0.1, 0.15) is 63.0 Å². The minimum absolute atomic E-state index is 0.177. The minimum Gasteiger partial charge on any atom is -0.356 e. The zero-order valence-electron chi connectivity index (χ0n) is 14.8. The maximum absolute atomic E-state index is 11.9. The summed E-state index contributed by atoms with van der Waals surface area (Å²) >= 11 is 0. The molecule has 128 valence electrons. The molecule has 1 amide bonds. The van der Waals surface area contributed by atoms with Gasteiger partial charge in [-0.25, -0.2) is 0 Å². The van der Waals surface area contributed by atoms with Crippen LogP contribution in [0.4, 0.5) is 0 Å². The van der Waals surface area contributed by atoms with Gasteiger partial charge in [0.25, 0.3) is 0 Å². The molecule has 3 nitrogen and oxygen atoms in total. The van der Waals surface area contributed by atoms with E-state index >= 15 is 0 Å². The molecule has 0 saturated carbocycles. The van der Waals surface area contributed by atoms with E-state index in [1.807, 2.05) is 0 Å². The third-order valence-electron chi connectivity index (χ3n) is 4.71. The second-order valence-electron chi connectivity index (χ2n) is 7.00. The SMILES string of the molecule is CC(C)c1ccc(CCC(=O)NCCCN2CCCCC2)cc1. The lowest BCUT2D eigenvalue weighted by atomic mass is 10.0. The maximum Gasteiger partial charge on any atom is 0.220 e. The molecule has 0 spiro atoms. The van der Waals surface area contributed by atoms with Crippen LogP contribution in [0.5, 0.6) is 0 Å². The second-order valence-corrected chi connectivity index (χ2v) is 7.00. The highest BCUT2D eigenvalue weighted by molar-refractivity contribution is 5.76. The first-order chi connectivity index (χ1) is 11.1. The molecule has 1 heterocycles. The average Bonchev–Trinajstić information content (AvgIpc) is 2.58. The number of carbonyl (C=O) groups excluding carboxylic acids is 1. The first-order valence-electron chi connectivity index (χ1n) is 9.23. The molecule has 0 unspecified atom stereocenters. The topological polar surface area (TPSA) is 32.3 Å². The van der Waals surface area contributed by atoms with Gasteiger partial charge in [-0.1, -0.05) is 44.5 Å². The number of carbonyl (C=O) groups is 1. The van der Waals surface area contributed by atoms with Crippen molar-refractivity contribution in [1.29, 1.82) is 0 Å². The Labute approximate surface area is 141 Å². The Balaban J connectivity index is 1.57. The Hall–Kier alpha value is -1.35. The third-order valence-corrected chi connectivity index (χ3v) is 4.71. The zero-order valence-corrected chi connectivity index (χ0v) is 14.8. The van der Waals surface area contributed by atoms with E-state index in [1.54, 1.807) is 0 Å². The van der Waals surface area contributed by atoms with Crippen molar-refractivity contribution in [3.8, 4) is 0 Å². The van der Waals surface area contributed by atoms with Gasteiger partial charge in [-0.2, -0.15) is 0 Å². The molecule has 0 aliphatic carbocycles. The molecule has 1 aromatic carbocycles. The van der Waals surface area contributed by atoms with Gasteiger partial charge in [0.2, 0.25) is 5.91 Å². The lowest BCUT2D eigenvalue weighted by Gasteiger charge is -2.26. The van der Waals surface area contributed by atoms with E-state index in [9.17, 15) is 4.79 Å². The van der Waals surface area contributed by atoms with Crippen LogP contribution in [0.15, 0.2) is 24.3 Å². The molecule has 1 aliphatic heterocycles. The van der Waals surface area contributed by atoms with Gasteiger partial charge in [0.1, 0.15) is 0 Å². The van der Waals surface area contributed by atoms with Crippen LogP contribution < -0.4 is 5.32 Å². The predicted octanol–water partition coefficient (Wildman–Crippen LogP) is 3.73. The van der Waals surface area contributed by atoms with E-state index in [-0.39, 0.29) is 5.91 Å². The van der Waals surface area contributed by atoms with Crippen LogP contribution in [0, 0.1) is 0 Å². The largest absolute Gasteiger partial charge is 0.356 e. The Bertz CT molecular complexity index is 461. The number of rotatable bonds is 8.